The molecule has 1 aromatic carbocycles. The van der Waals surface area contributed by atoms with Crippen molar-refractivity contribution < 1.29 is 15.1 Å². The summed E-state index contributed by atoms with van der Waals surface area (Å²) in [5.41, 5.74) is 4.06. The van der Waals surface area contributed by atoms with E-state index in [0.29, 0.717) is 5.71 Å². The molecule has 0 radical (unpaired) electrons. The summed E-state index contributed by atoms with van der Waals surface area (Å²) in [6.07, 6.45) is 12.2. The summed E-state index contributed by atoms with van der Waals surface area (Å²) in [6, 6.07) is 6.61. The molecule has 0 amide bonds. The highest BCUT2D eigenvalue weighted by atomic mass is 16.4. The number of carboxylic acids is 1. The van der Waals surface area contributed by atoms with Crippen LogP contribution in [0.1, 0.15) is 76.2 Å². The predicted octanol–water partition coefficient (Wildman–Crippen LogP) is 6.73. The summed E-state index contributed by atoms with van der Waals surface area (Å²) in [5.74, 6) is -0.948. The van der Waals surface area contributed by atoms with Crippen molar-refractivity contribution in [2.75, 3.05) is 0 Å². The lowest BCUT2D eigenvalue weighted by Crippen LogP contribution is -2.19. The third-order valence-corrected chi connectivity index (χ3v) is 5.70. The molecule has 2 N–H and O–H groups in total. The van der Waals surface area contributed by atoms with Gasteiger partial charge in [0.1, 0.15) is 5.71 Å². The highest BCUT2D eigenvalue weighted by molar-refractivity contribution is 6.12. The van der Waals surface area contributed by atoms with Crippen molar-refractivity contribution in [2.45, 2.75) is 60.3 Å². The molecule has 0 aromatic heterocycles. The quantitative estimate of drug-likeness (QED) is 0.337. The number of carbonyl (C=O) groups is 1. The molecule has 0 spiro atoms. The van der Waals surface area contributed by atoms with Gasteiger partial charge in [-0.2, -0.15) is 0 Å². The van der Waals surface area contributed by atoms with Gasteiger partial charge in [0.2, 0.25) is 0 Å². The molecule has 0 heterocycles. The Bertz CT molecular complexity index is 853. The van der Waals surface area contributed by atoms with E-state index in [4.69, 9.17) is 5.11 Å². The highest BCUT2D eigenvalue weighted by Crippen LogP contribution is 2.38. The van der Waals surface area contributed by atoms with Gasteiger partial charge in [-0.1, -0.05) is 63.2 Å². The fourth-order valence-electron chi connectivity index (χ4n) is 3.36. The van der Waals surface area contributed by atoms with Gasteiger partial charge in [0.15, 0.2) is 0 Å². The van der Waals surface area contributed by atoms with Gasteiger partial charge in [-0.05, 0) is 72.8 Å². The van der Waals surface area contributed by atoms with Crippen LogP contribution in [-0.4, -0.2) is 22.0 Å². The Labute approximate surface area is 174 Å². The second-order valence-corrected chi connectivity index (χ2v) is 9.49. The maximum absolute atomic E-state index is 11.0. The van der Waals surface area contributed by atoms with E-state index in [1.807, 2.05) is 6.08 Å². The standard InChI is InChI=1S/C25H33NO3/c1-18-12-14-24(2,3)16-17-25(4,5)15-13-21(18)22(26-29)11-8-19-6-9-20(10-7-19)23(27)28/h6-13,29H,14-17H2,1-5H3,(H,27,28)/b11-8+,18-12-,21-13+,26-22+. The first-order valence-electron chi connectivity index (χ1n) is 10.1. The average molecular weight is 396 g/mol. The molecular formula is C25H33NO3. The monoisotopic (exact) mass is 395 g/mol. The van der Waals surface area contributed by atoms with Gasteiger partial charge in [-0.15, -0.1) is 0 Å². The molecule has 4 nitrogen and oxygen atoms in total. The Balaban J connectivity index is 2.33. The predicted molar refractivity (Wildman–Crippen MR) is 120 cm³/mol. The number of hydrogen-bond donors (Lipinski definition) is 2. The van der Waals surface area contributed by atoms with E-state index < -0.39 is 5.97 Å². The molecule has 29 heavy (non-hydrogen) atoms. The molecule has 0 bridgehead atoms. The topological polar surface area (TPSA) is 69.9 Å². The molecule has 4 heteroatoms. The van der Waals surface area contributed by atoms with Crippen LogP contribution in [-0.2, 0) is 0 Å². The largest absolute Gasteiger partial charge is 0.478 e. The van der Waals surface area contributed by atoms with Gasteiger partial charge < -0.3 is 10.3 Å². The molecule has 0 saturated carbocycles. The number of oxime groups is 1. The molecule has 1 aromatic rings. The lowest BCUT2D eigenvalue weighted by atomic mass is 9.74. The first-order valence-corrected chi connectivity index (χ1v) is 10.1. The molecule has 0 saturated heterocycles. The molecule has 0 fully saturated rings. The second kappa shape index (κ2) is 9.25. The zero-order valence-electron chi connectivity index (χ0n) is 18.2. The molecule has 0 atom stereocenters. The van der Waals surface area contributed by atoms with Gasteiger partial charge in [-0.3, -0.25) is 0 Å². The Morgan fingerprint density at radius 3 is 2.07 bits per heavy atom. The van der Waals surface area contributed by atoms with Crippen molar-refractivity contribution in [2.24, 2.45) is 16.0 Å². The van der Waals surface area contributed by atoms with E-state index in [1.54, 1.807) is 30.3 Å². The van der Waals surface area contributed by atoms with Crippen LogP contribution in [0.3, 0.4) is 0 Å². The number of rotatable bonds is 4. The van der Waals surface area contributed by atoms with Gasteiger partial charge in [0.25, 0.3) is 0 Å². The summed E-state index contributed by atoms with van der Waals surface area (Å²) >= 11 is 0. The van der Waals surface area contributed by atoms with E-state index in [9.17, 15) is 10.0 Å². The minimum atomic E-state index is -0.948. The Morgan fingerprint density at radius 1 is 1.00 bits per heavy atom. The summed E-state index contributed by atoms with van der Waals surface area (Å²) in [4.78, 5) is 11.0. The van der Waals surface area contributed by atoms with Gasteiger partial charge in [-0.25, -0.2) is 4.79 Å². The van der Waals surface area contributed by atoms with Crippen molar-refractivity contribution in [3.63, 3.8) is 0 Å². The molecule has 0 aliphatic heterocycles. The third-order valence-electron chi connectivity index (χ3n) is 5.70. The van der Waals surface area contributed by atoms with Crippen LogP contribution in [0.4, 0.5) is 0 Å². The summed E-state index contributed by atoms with van der Waals surface area (Å²) in [7, 11) is 0. The van der Waals surface area contributed by atoms with Gasteiger partial charge in [0.05, 0.1) is 5.56 Å². The normalized spacial score (nSPS) is 23.7. The highest BCUT2D eigenvalue weighted by Gasteiger charge is 2.25. The maximum Gasteiger partial charge on any atom is 0.335 e. The minimum absolute atomic E-state index is 0.178. The van der Waals surface area contributed by atoms with E-state index in [0.717, 1.165) is 36.0 Å². The second-order valence-electron chi connectivity index (χ2n) is 9.49. The third kappa shape index (κ3) is 6.74. The van der Waals surface area contributed by atoms with Crippen molar-refractivity contribution >= 4 is 17.8 Å². The van der Waals surface area contributed by atoms with Crippen molar-refractivity contribution in [1.82, 2.24) is 0 Å². The summed E-state index contributed by atoms with van der Waals surface area (Å²) < 4.78 is 0. The number of benzene rings is 1. The number of carboxylic acid groups (broad SMARTS) is 1. The van der Waals surface area contributed by atoms with Crippen LogP contribution >= 0.6 is 0 Å². The number of hydrogen-bond acceptors (Lipinski definition) is 3. The van der Waals surface area contributed by atoms with Crippen LogP contribution in [0.5, 0.6) is 0 Å². The smallest absolute Gasteiger partial charge is 0.335 e. The summed E-state index contributed by atoms with van der Waals surface area (Å²) in [6.45, 7) is 11.2. The molecule has 156 valence electrons. The Morgan fingerprint density at radius 2 is 1.55 bits per heavy atom. The van der Waals surface area contributed by atoms with E-state index in [2.05, 4.69) is 51.9 Å². The zero-order valence-corrected chi connectivity index (χ0v) is 18.2. The Hall–Kier alpha value is -2.62. The van der Waals surface area contributed by atoms with Crippen LogP contribution in [0, 0.1) is 10.8 Å². The zero-order chi connectivity index (χ0) is 21.7. The van der Waals surface area contributed by atoms with Gasteiger partial charge >= 0.3 is 5.97 Å². The van der Waals surface area contributed by atoms with Crippen molar-refractivity contribution in [3.8, 4) is 0 Å². The SMILES string of the molecule is CC1=C/CC(C)(C)CCC(C)(C)C/C=C\1C(/C=C/c1ccc(C(=O)O)cc1)=N/O. The number of nitrogens with zero attached hydrogens (tertiary/aromatic N) is 1. The summed E-state index contributed by atoms with van der Waals surface area (Å²) in [5, 5.41) is 22.3. The van der Waals surface area contributed by atoms with Crippen LogP contribution in [0.15, 0.2) is 58.8 Å². The van der Waals surface area contributed by atoms with E-state index in [-0.39, 0.29) is 16.4 Å². The molecule has 1 aliphatic carbocycles. The number of allylic oxidation sites excluding steroid dienone is 5. The fourth-order valence-corrected chi connectivity index (χ4v) is 3.36. The minimum Gasteiger partial charge on any atom is -0.478 e. The van der Waals surface area contributed by atoms with Crippen LogP contribution in [0.25, 0.3) is 6.08 Å². The first-order chi connectivity index (χ1) is 13.5. The average Bonchev–Trinajstić information content (AvgIpc) is 2.67. The maximum atomic E-state index is 11.0. The first kappa shape index (κ1) is 22.7. The van der Waals surface area contributed by atoms with E-state index in [1.165, 1.54) is 6.42 Å². The lowest BCUT2D eigenvalue weighted by molar-refractivity contribution is 0.0697. The molecule has 0 unspecified atom stereocenters. The van der Waals surface area contributed by atoms with Crippen molar-refractivity contribution in [3.05, 3.63) is 64.8 Å². The molecule has 2 rings (SSSR count). The van der Waals surface area contributed by atoms with Gasteiger partial charge in [0, 0.05) is 5.57 Å². The molecule has 1 aliphatic rings. The fraction of sp³-hybridized carbons (Fsp3) is 0.440. The Kier molecular flexibility index (Phi) is 7.23. The van der Waals surface area contributed by atoms with E-state index >= 15 is 0 Å². The lowest BCUT2D eigenvalue weighted by Gasteiger charge is -2.31. The van der Waals surface area contributed by atoms with Crippen LogP contribution < -0.4 is 0 Å². The van der Waals surface area contributed by atoms with Crippen LogP contribution in [0.2, 0.25) is 0 Å². The molecular weight excluding hydrogens is 362 g/mol. The number of aromatic carboxylic acids is 1. The van der Waals surface area contributed by atoms with Crippen molar-refractivity contribution in [1.29, 1.82) is 0 Å².